The first kappa shape index (κ1) is 27.2. The van der Waals surface area contributed by atoms with Crippen LogP contribution in [0.5, 0.6) is 11.5 Å². The number of nitro groups is 1. The lowest BCUT2D eigenvalue weighted by molar-refractivity contribution is -0.385. The molecule has 1 aliphatic rings. The van der Waals surface area contributed by atoms with Crippen molar-refractivity contribution in [2.24, 2.45) is 0 Å². The molecule has 1 heterocycles. The molecular weight excluding hydrogens is 498 g/mol. The zero-order valence-electron chi connectivity index (χ0n) is 23.0. The molecule has 0 bridgehead atoms. The van der Waals surface area contributed by atoms with Crippen molar-refractivity contribution in [1.82, 2.24) is 0 Å². The summed E-state index contributed by atoms with van der Waals surface area (Å²) in [5.74, 6) is 1.26. The number of nitro benzene ring substituents is 1. The van der Waals surface area contributed by atoms with Gasteiger partial charge in [-0.1, -0.05) is 92.2 Å². The largest absolute Gasteiger partial charge is 0.489 e. The van der Waals surface area contributed by atoms with Crippen LogP contribution in [0.1, 0.15) is 49.3 Å². The predicted octanol–water partition coefficient (Wildman–Crippen LogP) is 8.85. The minimum atomic E-state index is -0.364. The van der Waals surface area contributed by atoms with E-state index in [2.05, 4.69) is 43.3 Å². The van der Waals surface area contributed by atoms with Gasteiger partial charge in [-0.25, -0.2) is 0 Å². The number of nitrogens with zero attached hydrogens (tertiary/aromatic N) is 1. The molecule has 5 heteroatoms. The quantitative estimate of drug-likeness (QED) is 0.104. The van der Waals surface area contributed by atoms with Crippen LogP contribution in [0.15, 0.2) is 103 Å². The van der Waals surface area contributed by atoms with Crippen molar-refractivity contribution in [2.45, 2.75) is 45.4 Å². The molecule has 4 aromatic rings. The fourth-order valence-electron chi connectivity index (χ4n) is 5.20. The van der Waals surface area contributed by atoms with Crippen LogP contribution >= 0.6 is 0 Å². The van der Waals surface area contributed by atoms with Crippen LogP contribution in [0.25, 0.3) is 16.7 Å². The van der Waals surface area contributed by atoms with Crippen LogP contribution < -0.4 is 9.47 Å². The third kappa shape index (κ3) is 6.60. The average Bonchev–Trinajstić information content (AvgIpc) is 3.00. The van der Waals surface area contributed by atoms with Crippen LogP contribution in [0, 0.1) is 10.1 Å². The summed E-state index contributed by atoms with van der Waals surface area (Å²) in [6.45, 7) is 3.29. The third-order valence-corrected chi connectivity index (χ3v) is 7.41. The van der Waals surface area contributed by atoms with Gasteiger partial charge in [-0.05, 0) is 77.6 Å². The number of ether oxygens (including phenoxy) is 2. The fraction of sp³-hybridized carbons (Fsp3) is 0.257. The molecule has 0 N–H and O–H groups in total. The van der Waals surface area contributed by atoms with Crippen LogP contribution in [-0.2, 0) is 12.8 Å². The predicted molar refractivity (Wildman–Crippen MR) is 161 cm³/mol. The maximum atomic E-state index is 11.9. The Bertz CT molecular complexity index is 1480. The Balaban J connectivity index is 1.29. The zero-order valence-corrected chi connectivity index (χ0v) is 23.0. The Labute approximate surface area is 236 Å². The molecule has 0 amide bonds. The number of aryl methyl sites for hydroxylation is 1. The van der Waals surface area contributed by atoms with Gasteiger partial charge in [0, 0.05) is 11.6 Å². The monoisotopic (exact) mass is 533 g/mol. The molecule has 40 heavy (non-hydrogen) atoms. The molecule has 4 aromatic carbocycles. The van der Waals surface area contributed by atoms with E-state index >= 15 is 0 Å². The standard InChI is InChI=1S/C35H35NO4/c1-2-3-13-30-25-40-34-15-8-7-14-31(34)32(30)23-27-16-18-28(19-17-27)29-20-21-35(33(24-29)36(37)38)39-22-9-12-26-10-5-4-6-11-26/h4-8,10-11,14-21,24H,2-3,9,12-13,22-23,25H2,1H3. The molecule has 0 saturated heterocycles. The van der Waals surface area contributed by atoms with Crippen molar-refractivity contribution in [2.75, 3.05) is 13.2 Å². The van der Waals surface area contributed by atoms with Crippen molar-refractivity contribution in [1.29, 1.82) is 0 Å². The number of rotatable bonds is 12. The van der Waals surface area contributed by atoms with Gasteiger partial charge in [-0.3, -0.25) is 10.1 Å². The van der Waals surface area contributed by atoms with Crippen molar-refractivity contribution >= 4 is 11.3 Å². The van der Waals surface area contributed by atoms with Gasteiger partial charge < -0.3 is 9.47 Å². The number of para-hydroxylation sites is 1. The number of hydrogen-bond donors (Lipinski definition) is 0. The molecule has 0 unspecified atom stereocenters. The smallest absolute Gasteiger partial charge is 0.311 e. The highest BCUT2D eigenvalue weighted by Crippen LogP contribution is 2.37. The fourth-order valence-corrected chi connectivity index (χ4v) is 5.20. The van der Waals surface area contributed by atoms with Crippen molar-refractivity contribution in [3.63, 3.8) is 0 Å². The molecule has 0 saturated carbocycles. The maximum absolute atomic E-state index is 11.9. The van der Waals surface area contributed by atoms with E-state index in [1.54, 1.807) is 12.1 Å². The Hall–Kier alpha value is -4.38. The first-order valence-electron chi connectivity index (χ1n) is 14.1. The second-order valence-electron chi connectivity index (χ2n) is 10.2. The SMILES string of the molecule is CCCCC1=C(Cc2ccc(-c3ccc(OCCCc4ccccc4)c([N+](=O)[O-])c3)cc2)c2ccccc2OC1. The van der Waals surface area contributed by atoms with Gasteiger partial charge in [0.15, 0.2) is 5.75 Å². The molecule has 0 aromatic heterocycles. The van der Waals surface area contributed by atoms with Crippen LogP contribution in [-0.4, -0.2) is 18.1 Å². The average molecular weight is 534 g/mol. The minimum absolute atomic E-state index is 0.00850. The summed E-state index contributed by atoms with van der Waals surface area (Å²) < 4.78 is 11.9. The van der Waals surface area contributed by atoms with Gasteiger partial charge in [0.2, 0.25) is 0 Å². The first-order valence-corrected chi connectivity index (χ1v) is 14.1. The highest BCUT2D eigenvalue weighted by Gasteiger charge is 2.20. The molecule has 5 rings (SSSR count). The van der Waals surface area contributed by atoms with E-state index in [9.17, 15) is 10.1 Å². The maximum Gasteiger partial charge on any atom is 0.311 e. The van der Waals surface area contributed by atoms with Gasteiger partial charge in [0.25, 0.3) is 0 Å². The Morgan fingerprint density at radius 1 is 0.825 bits per heavy atom. The highest BCUT2D eigenvalue weighted by atomic mass is 16.6. The molecular formula is C35H35NO4. The number of allylic oxidation sites excluding steroid dienone is 1. The van der Waals surface area contributed by atoms with E-state index in [1.165, 1.54) is 27.8 Å². The molecule has 0 spiro atoms. The zero-order chi connectivity index (χ0) is 27.7. The summed E-state index contributed by atoms with van der Waals surface area (Å²) in [6, 6.07) is 32.0. The molecule has 0 radical (unpaired) electrons. The summed E-state index contributed by atoms with van der Waals surface area (Å²) in [6.07, 6.45) is 5.83. The second-order valence-corrected chi connectivity index (χ2v) is 10.2. The lowest BCUT2D eigenvalue weighted by Crippen LogP contribution is -2.13. The highest BCUT2D eigenvalue weighted by molar-refractivity contribution is 5.77. The van der Waals surface area contributed by atoms with Crippen LogP contribution in [0.4, 0.5) is 5.69 Å². The summed E-state index contributed by atoms with van der Waals surface area (Å²) in [4.78, 5) is 11.5. The molecule has 0 atom stereocenters. The summed E-state index contributed by atoms with van der Waals surface area (Å²) in [5.41, 5.74) is 8.08. The number of unbranched alkanes of at least 4 members (excludes halogenated alkanes) is 1. The lowest BCUT2D eigenvalue weighted by atomic mass is 9.89. The van der Waals surface area contributed by atoms with Gasteiger partial charge in [-0.15, -0.1) is 0 Å². The van der Waals surface area contributed by atoms with E-state index in [-0.39, 0.29) is 10.6 Å². The third-order valence-electron chi connectivity index (χ3n) is 7.41. The minimum Gasteiger partial charge on any atom is -0.489 e. The van der Waals surface area contributed by atoms with Crippen molar-refractivity contribution in [3.05, 3.63) is 129 Å². The van der Waals surface area contributed by atoms with Gasteiger partial charge in [0.1, 0.15) is 12.4 Å². The first-order chi connectivity index (χ1) is 19.6. The normalized spacial score (nSPS) is 12.5. The number of benzene rings is 4. The van der Waals surface area contributed by atoms with E-state index < -0.39 is 0 Å². The summed E-state index contributed by atoms with van der Waals surface area (Å²) in [5, 5.41) is 11.9. The van der Waals surface area contributed by atoms with Gasteiger partial charge >= 0.3 is 5.69 Å². The molecule has 5 nitrogen and oxygen atoms in total. The number of hydrogen-bond acceptors (Lipinski definition) is 4. The molecule has 0 fully saturated rings. The van der Waals surface area contributed by atoms with E-state index in [4.69, 9.17) is 9.47 Å². The molecule has 1 aliphatic heterocycles. The van der Waals surface area contributed by atoms with Crippen LogP contribution in [0.2, 0.25) is 0 Å². The van der Waals surface area contributed by atoms with Crippen LogP contribution in [0.3, 0.4) is 0 Å². The Kier molecular flexibility index (Phi) is 8.92. The molecule has 204 valence electrons. The van der Waals surface area contributed by atoms with Crippen molar-refractivity contribution < 1.29 is 14.4 Å². The topological polar surface area (TPSA) is 61.6 Å². The van der Waals surface area contributed by atoms with E-state index in [0.29, 0.717) is 19.0 Å². The molecule has 0 aliphatic carbocycles. The Morgan fingerprint density at radius 2 is 1.57 bits per heavy atom. The number of fused-ring (bicyclic) bond motifs is 1. The van der Waals surface area contributed by atoms with Gasteiger partial charge in [-0.2, -0.15) is 0 Å². The second kappa shape index (κ2) is 13.1. The van der Waals surface area contributed by atoms with E-state index in [0.717, 1.165) is 55.4 Å². The van der Waals surface area contributed by atoms with Gasteiger partial charge in [0.05, 0.1) is 11.5 Å². The Morgan fingerprint density at radius 3 is 2.35 bits per heavy atom. The summed E-state index contributed by atoms with van der Waals surface area (Å²) in [7, 11) is 0. The summed E-state index contributed by atoms with van der Waals surface area (Å²) >= 11 is 0. The lowest BCUT2D eigenvalue weighted by Gasteiger charge is -2.24. The van der Waals surface area contributed by atoms with E-state index in [1.807, 2.05) is 48.5 Å². The van der Waals surface area contributed by atoms with Crippen molar-refractivity contribution in [3.8, 4) is 22.6 Å².